The molecular formula is C20H14ClNO2S. The number of methoxy groups -OCH3 is 1. The minimum atomic E-state index is -0.0315. The van der Waals surface area contributed by atoms with Gasteiger partial charge in [-0.2, -0.15) is 0 Å². The van der Waals surface area contributed by atoms with Crippen LogP contribution in [-0.2, 0) is 0 Å². The van der Waals surface area contributed by atoms with Gasteiger partial charge in [-0.3, -0.25) is 9.36 Å². The summed E-state index contributed by atoms with van der Waals surface area (Å²) in [5.41, 5.74) is 1.81. The molecule has 0 fully saturated rings. The number of ether oxygens (including phenoxy) is 1. The van der Waals surface area contributed by atoms with Gasteiger partial charge in [-0.25, -0.2) is 0 Å². The van der Waals surface area contributed by atoms with Gasteiger partial charge in [0.25, 0.3) is 5.56 Å². The van der Waals surface area contributed by atoms with Gasteiger partial charge in [0.1, 0.15) is 10.4 Å². The van der Waals surface area contributed by atoms with E-state index in [1.165, 1.54) is 11.3 Å². The number of benzene rings is 2. The lowest BCUT2D eigenvalue weighted by molar-refractivity contribution is 0.414. The van der Waals surface area contributed by atoms with Crippen LogP contribution < -0.4 is 10.3 Å². The molecule has 25 heavy (non-hydrogen) atoms. The Kier molecular flexibility index (Phi) is 4.07. The second-order valence-corrected chi connectivity index (χ2v) is 7.08. The van der Waals surface area contributed by atoms with Gasteiger partial charge in [0, 0.05) is 27.5 Å². The first-order valence-corrected chi connectivity index (χ1v) is 8.91. The van der Waals surface area contributed by atoms with Crippen molar-refractivity contribution >= 4 is 33.0 Å². The molecule has 0 spiro atoms. The van der Waals surface area contributed by atoms with Crippen LogP contribution in [0, 0.1) is 0 Å². The third kappa shape index (κ3) is 2.95. The zero-order valence-electron chi connectivity index (χ0n) is 13.4. The number of hydrogen-bond donors (Lipinski definition) is 0. The van der Waals surface area contributed by atoms with Crippen molar-refractivity contribution in [2.75, 3.05) is 7.11 Å². The van der Waals surface area contributed by atoms with Crippen LogP contribution in [0.5, 0.6) is 5.75 Å². The molecule has 4 aromatic rings. The Morgan fingerprint density at radius 3 is 2.60 bits per heavy atom. The molecule has 0 bridgehead atoms. The van der Waals surface area contributed by atoms with E-state index >= 15 is 0 Å². The van der Waals surface area contributed by atoms with Crippen LogP contribution in [0.15, 0.2) is 71.7 Å². The van der Waals surface area contributed by atoms with Crippen molar-refractivity contribution < 1.29 is 4.74 Å². The Balaban J connectivity index is 1.85. The summed E-state index contributed by atoms with van der Waals surface area (Å²) >= 11 is 7.45. The van der Waals surface area contributed by atoms with Gasteiger partial charge in [-0.15, -0.1) is 11.3 Å². The first kappa shape index (κ1) is 15.9. The summed E-state index contributed by atoms with van der Waals surface area (Å²) < 4.78 is 7.63. The number of fused-ring (bicyclic) bond motifs is 1. The van der Waals surface area contributed by atoms with Crippen molar-refractivity contribution in [2.24, 2.45) is 0 Å². The van der Waals surface area contributed by atoms with Crippen molar-refractivity contribution in [3.8, 4) is 21.9 Å². The summed E-state index contributed by atoms with van der Waals surface area (Å²) in [6, 6.07) is 19.1. The Bertz CT molecular complexity index is 1110. The Labute approximate surface area is 153 Å². The van der Waals surface area contributed by atoms with Crippen molar-refractivity contribution in [3.05, 3.63) is 82.2 Å². The summed E-state index contributed by atoms with van der Waals surface area (Å²) in [5, 5.41) is 1.64. The number of halogens is 1. The van der Waals surface area contributed by atoms with E-state index in [9.17, 15) is 4.79 Å². The average molecular weight is 368 g/mol. The lowest BCUT2D eigenvalue weighted by Crippen LogP contribution is -2.16. The summed E-state index contributed by atoms with van der Waals surface area (Å²) in [7, 11) is 1.61. The number of thiophene rings is 1. The van der Waals surface area contributed by atoms with E-state index in [1.54, 1.807) is 17.9 Å². The van der Waals surface area contributed by atoms with E-state index in [0.29, 0.717) is 5.02 Å². The normalized spacial score (nSPS) is 11.0. The van der Waals surface area contributed by atoms with Crippen molar-refractivity contribution in [3.63, 3.8) is 0 Å². The molecule has 2 aromatic heterocycles. The molecule has 0 unspecified atom stereocenters. The highest BCUT2D eigenvalue weighted by Gasteiger charge is 2.10. The van der Waals surface area contributed by atoms with E-state index in [0.717, 1.165) is 32.0 Å². The summed E-state index contributed by atoms with van der Waals surface area (Å²) in [5.74, 6) is 0.720. The maximum atomic E-state index is 12.9. The Hall–Kier alpha value is -2.56. The molecule has 0 atom stereocenters. The molecule has 124 valence electrons. The number of hydrogen-bond acceptors (Lipinski definition) is 3. The second kappa shape index (κ2) is 6.39. The largest absolute Gasteiger partial charge is 0.497 e. The van der Waals surface area contributed by atoms with Crippen molar-refractivity contribution in [2.45, 2.75) is 0 Å². The Morgan fingerprint density at radius 1 is 1.04 bits per heavy atom. The molecular weight excluding hydrogens is 354 g/mol. The second-order valence-electron chi connectivity index (χ2n) is 5.59. The minimum Gasteiger partial charge on any atom is -0.497 e. The van der Waals surface area contributed by atoms with E-state index in [4.69, 9.17) is 16.3 Å². The molecule has 4 rings (SSSR count). The molecule has 3 nitrogen and oxygen atoms in total. The fourth-order valence-corrected chi connectivity index (χ4v) is 3.96. The minimum absolute atomic E-state index is 0.0315. The number of aromatic nitrogens is 1. The van der Waals surface area contributed by atoms with E-state index < -0.39 is 0 Å². The molecule has 0 aliphatic heterocycles. The molecule has 0 aliphatic carbocycles. The summed E-state index contributed by atoms with van der Waals surface area (Å²) in [6.07, 6.45) is 1.80. The predicted molar refractivity (Wildman–Crippen MR) is 104 cm³/mol. The lowest BCUT2D eigenvalue weighted by Gasteiger charge is -2.07. The molecule has 0 aliphatic rings. The van der Waals surface area contributed by atoms with E-state index in [2.05, 4.69) is 0 Å². The summed E-state index contributed by atoms with van der Waals surface area (Å²) in [4.78, 5) is 14.0. The molecule has 0 N–H and O–H groups in total. The topological polar surface area (TPSA) is 31.2 Å². The smallest absolute Gasteiger partial charge is 0.273 e. The molecule has 0 radical (unpaired) electrons. The van der Waals surface area contributed by atoms with Crippen molar-refractivity contribution in [1.29, 1.82) is 0 Å². The van der Waals surface area contributed by atoms with Gasteiger partial charge in [0.15, 0.2) is 0 Å². The van der Waals surface area contributed by atoms with Gasteiger partial charge < -0.3 is 4.74 Å². The number of nitrogens with zero attached hydrogens (tertiary/aromatic N) is 1. The van der Waals surface area contributed by atoms with Crippen LogP contribution in [0.2, 0.25) is 5.02 Å². The molecule has 0 saturated carbocycles. The van der Waals surface area contributed by atoms with Gasteiger partial charge >= 0.3 is 0 Å². The van der Waals surface area contributed by atoms with Gasteiger partial charge in [-0.05, 0) is 42.0 Å². The zero-order chi connectivity index (χ0) is 17.4. The highest BCUT2D eigenvalue weighted by molar-refractivity contribution is 7.22. The summed E-state index contributed by atoms with van der Waals surface area (Å²) in [6.45, 7) is 0. The van der Waals surface area contributed by atoms with Gasteiger partial charge in [-0.1, -0.05) is 29.8 Å². The SMILES string of the molecule is COc1cccc(-n2ccc3cc(-c4ccc(Cl)cc4)sc3c2=O)c1. The third-order valence-corrected chi connectivity index (χ3v) is 5.48. The van der Waals surface area contributed by atoms with Crippen LogP contribution in [0.4, 0.5) is 0 Å². The molecule has 2 heterocycles. The van der Waals surface area contributed by atoms with Crippen molar-refractivity contribution in [1.82, 2.24) is 4.57 Å². The monoisotopic (exact) mass is 367 g/mol. The standard InChI is InChI=1S/C20H14ClNO2S/c1-24-17-4-2-3-16(12-17)22-10-9-14-11-18(25-19(14)20(22)23)13-5-7-15(21)8-6-13/h2-12H,1H3. The van der Waals surface area contributed by atoms with Crippen LogP contribution in [0.1, 0.15) is 0 Å². The highest BCUT2D eigenvalue weighted by atomic mass is 35.5. The fourth-order valence-electron chi connectivity index (χ4n) is 2.75. The third-order valence-electron chi connectivity index (χ3n) is 4.04. The average Bonchev–Trinajstić information content (AvgIpc) is 3.08. The Morgan fingerprint density at radius 2 is 1.84 bits per heavy atom. The van der Waals surface area contributed by atoms with Gasteiger partial charge in [0.05, 0.1) is 12.8 Å². The molecule has 0 saturated heterocycles. The molecule has 5 heteroatoms. The van der Waals surface area contributed by atoms with Crippen LogP contribution in [0.25, 0.3) is 26.2 Å². The molecule has 2 aromatic carbocycles. The van der Waals surface area contributed by atoms with E-state index in [-0.39, 0.29) is 5.56 Å². The fraction of sp³-hybridized carbons (Fsp3) is 0.0500. The number of pyridine rings is 1. The van der Waals surface area contributed by atoms with Gasteiger partial charge in [0.2, 0.25) is 0 Å². The van der Waals surface area contributed by atoms with Crippen LogP contribution in [0.3, 0.4) is 0 Å². The predicted octanol–water partition coefficient (Wildman–Crippen LogP) is 5.38. The number of rotatable bonds is 3. The first-order chi connectivity index (χ1) is 12.2. The van der Waals surface area contributed by atoms with Crippen LogP contribution in [-0.4, -0.2) is 11.7 Å². The first-order valence-electron chi connectivity index (χ1n) is 7.71. The van der Waals surface area contributed by atoms with Crippen LogP contribution >= 0.6 is 22.9 Å². The maximum absolute atomic E-state index is 12.9. The highest BCUT2D eigenvalue weighted by Crippen LogP contribution is 2.32. The lowest BCUT2D eigenvalue weighted by atomic mass is 10.2. The molecule has 0 amide bonds. The quantitative estimate of drug-likeness (QED) is 0.486. The maximum Gasteiger partial charge on any atom is 0.273 e. The van der Waals surface area contributed by atoms with E-state index in [1.807, 2.05) is 60.7 Å². The zero-order valence-corrected chi connectivity index (χ0v) is 15.0.